The zero-order valence-electron chi connectivity index (χ0n) is 20.7. The van der Waals surface area contributed by atoms with Crippen molar-refractivity contribution in [3.8, 4) is 5.75 Å². The lowest BCUT2D eigenvalue weighted by atomic mass is 9.97. The van der Waals surface area contributed by atoms with Crippen molar-refractivity contribution >= 4 is 19.6 Å². The fourth-order valence-corrected chi connectivity index (χ4v) is 6.44. The molecule has 206 valence electrons. The molecule has 2 aliphatic rings. The van der Waals surface area contributed by atoms with Crippen LogP contribution in [-0.2, 0) is 28.2 Å². The van der Waals surface area contributed by atoms with E-state index in [1.165, 1.54) is 4.67 Å². The number of esters is 1. The van der Waals surface area contributed by atoms with Crippen LogP contribution in [0.4, 0.5) is 0 Å². The summed E-state index contributed by atoms with van der Waals surface area (Å²) >= 11 is 0. The number of hydrogen-bond acceptors (Lipinski definition) is 10. The van der Waals surface area contributed by atoms with Crippen LogP contribution >= 0.6 is 7.75 Å². The number of aliphatic hydroxyl groups is 3. The molecule has 0 aliphatic carbocycles. The Kier molecular flexibility index (Phi) is 10.7. The summed E-state index contributed by atoms with van der Waals surface area (Å²) in [6.45, 7) is 4.82. The predicted octanol–water partition coefficient (Wildman–Crippen LogP) is 1.11. The highest BCUT2D eigenvalue weighted by Gasteiger charge is 2.54. The number of allylic oxidation sites excluding steroid dienone is 1. The van der Waals surface area contributed by atoms with Crippen LogP contribution in [0.15, 0.2) is 43.0 Å². The Bertz CT molecular complexity index is 964. The van der Waals surface area contributed by atoms with Gasteiger partial charge < -0.3 is 34.6 Å². The molecule has 4 N–H and O–H groups in total. The molecule has 2 fully saturated rings. The fraction of sp³-hybridized carbons (Fsp3) is 0.583. The van der Waals surface area contributed by atoms with Crippen LogP contribution in [0, 0.1) is 0 Å². The molecule has 0 aromatic heterocycles. The zero-order valence-corrected chi connectivity index (χ0v) is 21.6. The summed E-state index contributed by atoms with van der Waals surface area (Å²) in [4.78, 5) is 25.1. The fourth-order valence-electron chi connectivity index (χ4n) is 4.28. The number of ether oxygens (including phenoxy) is 2. The van der Waals surface area contributed by atoms with E-state index in [1.807, 2.05) is 0 Å². The van der Waals surface area contributed by atoms with E-state index in [2.05, 4.69) is 11.9 Å². The van der Waals surface area contributed by atoms with Crippen LogP contribution in [0.2, 0.25) is 0 Å². The third-order valence-corrected chi connectivity index (χ3v) is 8.15. The molecule has 1 aromatic rings. The molecule has 0 radical (unpaired) electrons. The molecule has 37 heavy (non-hydrogen) atoms. The molecule has 2 aliphatic heterocycles. The first-order valence-electron chi connectivity index (χ1n) is 12.2. The van der Waals surface area contributed by atoms with Gasteiger partial charge in [-0.05, 0) is 38.3 Å². The molecule has 0 bridgehead atoms. The van der Waals surface area contributed by atoms with Gasteiger partial charge >= 0.3 is 13.7 Å². The maximum Gasteiger partial charge on any atom is 0.462 e. The van der Waals surface area contributed by atoms with Crippen LogP contribution in [0.25, 0.3) is 0 Å². The second kappa shape index (κ2) is 13.5. The van der Waals surface area contributed by atoms with Crippen LogP contribution in [0.1, 0.15) is 32.6 Å². The van der Waals surface area contributed by atoms with E-state index in [9.17, 15) is 29.5 Å². The van der Waals surface area contributed by atoms with Crippen molar-refractivity contribution in [2.45, 2.75) is 69.3 Å². The zero-order chi connectivity index (χ0) is 27.0. The smallest absolute Gasteiger partial charge is 0.462 e. The minimum absolute atomic E-state index is 0.0359. The SMILES string of the molecule is C=CCCC(=O)N[C@@H]1[C@@H](OP(=O)(Oc2ccccc2)N2CCCC2C(=O)OCC)[C@H](O)[C@@H](CO)O[C@@H]1O. The van der Waals surface area contributed by atoms with Gasteiger partial charge in [-0.2, -0.15) is 4.67 Å². The monoisotopic (exact) mass is 542 g/mol. The van der Waals surface area contributed by atoms with Crippen LogP contribution < -0.4 is 9.84 Å². The molecule has 1 amide bonds. The highest BCUT2D eigenvalue weighted by molar-refractivity contribution is 7.51. The Morgan fingerprint density at radius 1 is 1.30 bits per heavy atom. The lowest BCUT2D eigenvalue weighted by Gasteiger charge is -2.44. The van der Waals surface area contributed by atoms with Gasteiger partial charge in [-0.25, -0.2) is 4.57 Å². The first-order chi connectivity index (χ1) is 17.7. The van der Waals surface area contributed by atoms with Gasteiger partial charge in [-0.1, -0.05) is 24.3 Å². The number of carbonyl (C=O) groups is 2. The third kappa shape index (κ3) is 7.17. The lowest BCUT2D eigenvalue weighted by molar-refractivity contribution is -0.250. The van der Waals surface area contributed by atoms with Gasteiger partial charge in [0.25, 0.3) is 0 Å². The number of amides is 1. The van der Waals surface area contributed by atoms with Gasteiger partial charge in [0.2, 0.25) is 5.91 Å². The molecule has 13 heteroatoms. The maximum absolute atomic E-state index is 14.5. The number of nitrogens with one attached hydrogen (secondary N) is 1. The van der Waals surface area contributed by atoms with Gasteiger partial charge in [0, 0.05) is 13.0 Å². The number of carbonyl (C=O) groups excluding carboxylic acids is 2. The highest BCUT2D eigenvalue weighted by Crippen LogP contribution is 2.57. The lowest BCUT2D eigenvalue weighted by Crippen LogP contribution is -2.65. The Labute approximate surface area is 215 Å². The third-order valence-electron chi connectivity index (χ3n) is 6.09. The van der Waals surface area contributed by atoms with Crippen molar-refractivity contribution in [3.63, 3.8) is 0 Å². The largest absolute Gasteiger partial charge is 0.465 e. The van der Waals surface area contributed by atoms with Crippen molar-refractivity contribution in [1.82, 2.24) is 9.99 Å². The number of para-hydroxylation sites is 1. The van der Waals surface area contributed by atoms with Gasteiger partial charge in [0.05, 0.1) is 13.2 Å². The molecule has 12 nitrogen and oxygen atoms in total. The molecule has 3 rings (SSSR count). The summed E-state index contributed by atoms with van der Waals surface area (Å²) in [6.07, 6.45) is -3.39. The maximum atomic E-state index is 14.5. The van der Waals surface area contributed by atoms with E-state index in [1.54, 1.807) is 43.3 Å². The minimum Gasteiger partial charge on any atom is -0.465 e. The van der Waals surface area contributed by atoms with E-state index in [-0.39, 0.29) is 25.3 Å². The Hall–Kier alpha value is -2.31. The Morgan fingerprint density at radius 2 is 2.03 bits per heavy atom. The standard InChI is InChI=1S/C24H35N2O10P/c1-3-5-13-19(28)25-20-22(21(29)18(15-27)34-24(20)31)36-37(32,35-16-10-7-6-8-11-16)26-14-9-12-17(26)23(30)33-4-2/h3,6-8,10-11,17-18,20-22,24,27,29,31H,1,4-5,9,12-15H2,2H3,(H,25,28)/t17?,18-,20-,21-,22-,24+,37?/m1/s1. The summed E-state index contributed by atoms with van der Waals surface area (Å²) in [5.41, 5.74) is 0. The van der Waals surface area contributed by atoms with Crippen molar-refractivity contribution in [1.29, 1.82) is 0 Å². The summed E-state index contributed by atoms with van der Waals surface area (Å²) in [5.74, 6) is -0.927. The van der Waals surface area contributed by atoms with Gasteiger partial charge in [-0.15, -0.1) is 6.58 Å². The summed E-state index contributed by atoms with van der Waals surface area (Å²) in [5, 5.41) is 33.8. The number of aliphatic hydroxyl groups excluding tert-OH is 3. The molecular formula is C24H35N2O10P. The van der Waals surface area contributed by atoms with E-state index in [4.69, 9.17) is 18.5 Å². The minimum atomic E-state index is -4.44. The van der Waals surface area contributed by atoms with Crippen molar-refractivity contribution in [2.75, 3.05) is 19.8 Å². The van der Waals surface area contributed by atoms with E-state index in [0.717, 1.165) is 0 Å². The van der Waals surface area contributed by atoms with Crippen molar-refractivity contribution in [2.24, 2.45) is 0 Å². The van der Waals surface area contributed by atoms with E-state index >= 15 is 0 Å². The second-order valence-corrected chi connectivity index (χ2v) is 10.5. The predicted molar refractivity (Wildman–Crippen MR) is 131 cm³/mol. The molecule has 7 atom stereocenters. The first-order valence-corrected chi connectivity index (χ1v) is 13.7. The molecule has 1 aromatic carbocycles. The van der Waals surface area contributed by atoms with Crippen molar-refractivity contribution in [3.05, 3.63) is 43.0 Å². The summed E-state index contributed by atoms with van der Waals surface area (Å²) in [6, 6.07) is 5.83. The first kappa shape index (κ1) is 29.2. The average molecular weight is 543 g/mol. The normalized spacial score (nSPS) is 29.7. The van der Waals surface area contributed by atoms with Gasteiger partial charge in [-0.3, -0.25) is 14.1 Å². The number of rotatable bonds is 12. The van der Waals surface area contributed by atoms with Gasteiger partial charge in [0.1, 0.15) is 36.1 Å². The molecule has 2 saturated heterocycles. The van der Waals surface area contributed by atoms with Crippen LogP contribution in [0.5, 0.6) is 5.75 Å². The molecule has 0 saturated carbocycles. The summed E-state index contributed by atoms with van der Waals surface area (Å²) in [7, 11) is -4.44. The topological polar surface area (TPSA) is 164 Å². The van der Waals surface area contributed by atoms with E-state index < -0.39 is 62.9 Å². The van der Waals surface area contributed by atoms with E-state index in [0.29, 0.717) is 19.3 Å². The Morgan fingerprint density at radius 3 is 2.68 bits per heavy atom. The van der Waals surface area contributed by atoms with Crippen LogP contribution in [-0.4, -0.2) is 88.3 Å². The Balaban J connectivity index is 1.98. The van der Waals surface area contributed by atoms with Gasteiger partial charge in [0.15, 0.2) is 6.29 Å². The number of nitrogens with zero attached hydrogens (tertiary/aromatic N) is 1. The molecular weight excluding hydrogens is 507 g/mol. The summed E-state index contributed by atoms with van der Waals surface area (Å²) < 4.78 is 38.0. The van der Waals surface area contributed by atoms with Crippen LogP contribution in [0.3, 0.4) is 0 Å². The quantitative estimate of drug-likeness (QED) is 0.170. The molecule has 2 unspecified atom stereocenters. The molecule has 0 spiro atoms. The van der Waals surface area contributed by atoms with Crippen molar-refractivity contribution < 1.29 is 48.0 Å². The highest BCUT2D eigenvalue weighted by atomic mass is 31.2. The number of hydrogen-bond donors (Lipinski definition) is 4. The average Bonchev–Trinajstić information content (AvgIpc) is 3.39. The number of benzene rings is 1. The molecule has 2 heterocycles. The second-order valence-electron chi connectivity index (χ2n) is 8.67.